The maximum atomic E-state index is 7.35. The van der Waals surface area contributed by atoms with E-state index in [1.165, 1.54) is 0 Å². The standard InChI is InChI=1S/C5H4Cl2P2.C5H5.Fe.Pd/c6-2-1-3(8)5(9)4(2)7;1-2-4-5-3-1;;/h8-9H2;1-5H;;. The zero-order chi connectivity index (χ0) is 10.7. The van der Waals surface area contributed by atoms with E-state index in [2.05, 4.69) is 37.7 Å². The fourth-order valence-corrected chi connectivity index (χ4v) is 136. The summed E-state index contributed by atoms with van der Waals surface area (Å²) in [4.78, 5) is 5.43. The van der Waals surface area contributed by atoms with Crippen LogP contribution in [-0.2, 0) is 25.7 Å². The third-order valence-electron chi connectivity index (χ3n) is 15.0. The average molecular weight is 424 g/mol. The first-order chi connectivity index (χ1) is 7.12. The molecule has 0 aliphatic carbocycles. The summed E-state index contributed by atoms with van der Waals surface area (Å²) in [7, 11) is 6.69. The number of fused-ring (bicyclic) bond motifs is 10. The molecule has 91 valence electrons. The minimum absolute atomic E-state index is 0.123. The van der Waals surface area contributed by atoms with Crippen LogP contribution in [0.5, 0.6) is 0 Å². The van der Waals surface area contributed by atoms with E-state index in [0.29, 0.717) is 10.9 Å². The first-order valence-electron chi connectivity index (χ1n) is 5.93. The van der Waals surface area contributed by atoms with Crippen LogP contribution in [0.3, 0.4) is 0 Å². The Bertz CT molecular complexity index is 878. The van der Waals surface area contributed by atoms with E-state index < -0.39 is 6.51 Å². The third-order valence-corrected chi connectivity index (χ3v) is 83.7. The number of hydrogen-bond donors (Lipinski definition) is 0. The van der Waals surface area contributed by atoms with Crippen molar-refractivity contribution in [2.45, 2.75) is 42.5 Å². The zero-order valence-corrected chi connectivity index (χ0v) is 14.4. The van der Waals surface area contributed by atoms with Gasteiger partial charge in [0.05, 0.1) is 0 Å². The van der Waals surface area contributed by atoms with Gasteiger partial charge in [-0.2, -0.15) is 0 Å². The van der Waals surface area contributed by atoms with Crippen LogP contribution in [0.25, 0.3) is 0 Å². The number of rotatable bonds is 0. The normalized spacial score (nSPS) is 145. The van der Waals surface area contributed by atoms with Gasteiger partial charge in [-0.1, -0.05) is 0 Å². The Morgan fingerprint density at radius 3 is 1.31 bits per heavy atom. The summed E-state index contributed by atoms with van der Waals surface area (Å²) in [5.41, 5.74) is 0. The van der Waals surface area contributed by atoms with Crippen molar-refractivity contribution in [2.24, 2.45) is 0 Å². The second kappa shape index (κ2) is 0.568. The van der Waals surface area contributed by atoms with Crippen molar-refractivity contribution in [2.75, 3.05) is 0 Å². The van der Waals surface area contributed by atoms with Crippen LogP contribution in [0.2, 0.25) is 26.9 Å². The Balaban J connectivity index is 2.02. The molecule has 10 saturated heterocycles. The van der Waals surface area contributed by atoms with Crippen molar-refractivity contribution in [3.63, 3.8) is 0 Å². The predicted octanol–water partition coefficient (Wildman–Crippen LogP) is 3.11. The second-order valence-electron chi connectivity index (χ2n) is 9.77. The molecule has 0 aromatic rings. The zero-order valence-electron chi connectivity index (χ0n) is 7.97. The van der Waals surface area contributed by atoms with Crippen LogP contribution < -0.4 is 0 Å². The summed E-state index contributed by atoms with van der Waals surface area (Å²) in [5, 5.41) is 0. The molecule has 7 atom stereocenters. The molecule has 10 aliphatic rings. The Labute approximate surface area is 109 Å². The first-order valence-corrected chi connectivity index (χ1v) is 14.6. The molecule has 10 heterocycles. The van der Waals surface area contributed by atoms with E-state index in [9.17, 15) is 0 Å². The van der Waals surface area contributed by atoms with Gasteiger partial charge in [-0.3, -0.25) is 0 Å². The van der Waals surface area contributed by atoms with Crippen LogP contribution in [-0.4, -0.2) is 15.7 Å². The Hall–Kier alpha value is 2.62. The van der Waals surface area contributed by atoms with Gasteiger partial charge < -0.3 is 0 Å². The Morgan fingerprint density at radius 2 is 1.31 bits per heavy atom. The van der Waals surface area contributed by atoms with Crippen molar-refractivity contribution in [1.82, 2.24) is 0 Å². The monoisotopic (exact) mass is 423 g/mol. The third kappa shape index (κ3) is 0.0546. The summed E-state index contributed by atoms with van der Waals surface area (Å²) in [6.07, 6.45) is 0. The molecule has 10 fully saturated rings. The van der Waals surface area contributed by atoms with Crippen molar-refractivity contribution < 1.29 is 25.7 Å². The molecule has 0 saturated carbocycles. The molecule has 1 spiro atoms. The molecule has 6 heteroatoms. The molecular formula is C10H9Cl2FeP2Pd. The van der Waals surface area contributed by atoms with Crippen molar-refractivity contribution >= 4 is 41.7 Å². The van der Waals surface area contributed by atoms with Gasteiger partial charge in [0.15, 0.2) is 0 Å². The SMILES string of the molecule is P[C]12[C]3(P)[C]4([Pd])[C]5(Cl)[C]1(Cl)[Fe]23541678[CH]2[CH]1[CH]6[CH]7[CH]28. The molecular weight excluding hydrogens is 415 g/mol. The number of alkyl halides is 2. The van der Waals surface area contributed by atoms with Crippen molar-refractivity contribution in [3.8, 4) is 0 Å². The van der Waals surface area contributed by atoms with Gasteiger partial charge in [0, 0.05) is 0 Å². The summed E-state index contributed by atoms with van der Waals surface area (Å²) in [6, 6.07) is 0. The Kier molecular flexibility index (Phi) is 0.269. The van der Waals surface area contributed by atoms with E-state index in [4.69, 9.17) is 23.2 Å². The van der Waals surface area contributed by atoms with Gasteiger partial charge in [-0.05, 0) is 0 Å². The fourth-order valence-electron chi connectivity index (χ4n) is 16.8. The molecule has 0 aromatic carbocycles. The Morgan fingerprint density at radius 1 is 0.875 bits per heavy atom. The molecule has 7 unspecified atom stereocenters. The summed E-state index contributed by atoms with van der Waals surface area (Å²) in [6.45, 7) is -3.73. The van der Waals surface area contributed by atoms with E-state index in [-0.39, 0.29) is 7.55 Å². The van der Waals surface area contributed by atoms with Gasteiger partial charge in [0.25, 0.3) is 0 Å². The molecule has 0 amide bonds. The number of halogens is 2. The quantitative estimate of drug-likeness (QED) is 0.319. The van der Waals surface area contributed by atoms with Crippen LogP contribution in [0.4, 0.5) is 0 Å². The molecule has 10 aliphatic heterocycles. The molecule has 0 N–H and O–H groups in total. The van der Waals surface area contributed by atoms with Gasteiger partial charge in [0.2, 0.25) is 0 Å². The predicted molar refractivity (Wildman–Crippen MR) is 63.5 cm³/mol. The van der Waals surface area contributed by atoms with Gasteiger partial charge in [0.1, 0.15) is 0 Å². The van der Waals surface area contributed by atoms with E-state index in [1.54, 1.807) is 0 Å². The van der Waals surface area contributed by atoms with Crippen molar-refractivity contribution in [3.05, 3.63) is 0 Å². The van der Waals surface area contributed by atoms with Crippen LogP contribution in [0, 0.1) is 0 Å². The van der Waals surface area contributed by atoms with E-state index in [0.717, 1.165) is 24.1 Å². The van der Waals surface area contributed by atoms with E-state index >= 15 is 0 Å². The first kappa shape index (κ1) is 7.58. The second-order valence-corrected chi connectivity index (χ2v) is 38.5. The van der Waals surface area contributed by atoms with Gasteiger partial charge in [-0.25, -0.2) is 0 Å². The molecule has 0 radical (unpaired) electrons. The van der Waals surface area contributed by atoms with E-state index in [1.807, 2.05) is 0 Å². The molecule has 0 bridgehead atoms. The summed E-state index contributed by atoms with van der Waals surface area (Å²) >= 11 is 18.6. The van der Waals surface area contributed by atoms with Crippen molar-refractivity contribution in [1.29, 1.82) is 0 Å². The fraction of sp³-hybridized carbons (Fsp3) is 1.00. The molecule has 10 rings (SSSR count). The minimum atomic E-state index is -3.73. The maximum absolute atomic E-state index is 7.35. The molecule has 0 nitrogen and oxygen atoms in total. The topological polar surface area (TPSA) is 0 Å². The van der Waals surface area contributed by atoms with Crippen LogP contribution >= 0.6 is 41.7 Å². The van der Waals surface area contributed by atoms with Gasteiger partial charge in [-0.15, -0.1) is 0 Å². The number of hydrogen-bond acceptors (Lipinski definition) is 0. The molecule has 16 heavy (non-hydrogen) atoms. The van der Waals surface area contributed by atoms with Gasteiger partial charge >= 0.3 is 110 Å². The van der Waals surface area contributed by atoms with Crippen LogP contribution in [0.1, 0.15) is 0 Å². The average Bonchev–Trinajstić information content (AvgIpc) is 3.19. The summed E-state index contributed by atoms with van der Waals surface area (Å²) in [5.74, 6) is 0. The molecule has 0 aromatic heterocycles. The summed E-state index contributed by atoms with van der Waals surface area (Å²) < 4.78 is 1.69. The van der Waals surface area contributed by atoms with Crippen LogP contribution in [0.15, 0.2) is 0 Å².